The Morgan fingerprint density at radius 2 is 1.83 bits per heavy atom. The number of hydrogen-bond donors (Lipinski definition) is 1. The van der Waals surface area contributed by atoms with Gasteiger partial charge in [0.05, 0.1) is 6.61 Å². The maximum Gasteiger partial charge on any atom is 0.174 e. The molecule has 0 bridgehead atoms. The third-order valence-electron chi connectivity index (χ3n) is 5.86. The maximum absolute atomic E-state index is 12.7. The number of anilines is 1. The Kier molecular flexibility index (Phi) is 3.09. The van der Waals surface area contributed by atoms with Crippen LogP contribution in [0.3, 0.4) is 0 Å². The Hall–Kier alpha value is -1.98. The van der Waals surface area contributed by atoms with Gasteiger partial charge in [0.2, 0.25) is 0 Å². The lowest BCUT2D eigenvalue weighted by Crippen LogP contribution is -2.50. The van der Waals surface area contributed by atoms with Crippen molar-refractivity contribution in [3.8, 4) is 0 Å². The van der Waals surface area contributed by atoms with E-state index in [0.717, 1.165) is 11.3 Å². The predicted octanol–water partition coefficient (Wildman–Crippen LogP) is 1.94. The molecule has 1 N–H and O–H groups in total. The van der Waals surface area contributed by atoms with Gasteiger partial charge in [-0.1, -0.05) is 18.2 Å². The Morgan fingerprint density at radius 3 is 2.50 bits per heavy atom. The fraction of sp³-hybridized carbons (Fsp3) is 0.474. The summed E-state index contributed by atoms with van der Waals surface area (Å²) in [7, 11) is 0. The van der Waals surface area contributed by atoms with Crippen LogP contribution in [-0.4, -0.2) is 36.1 Å². The number of carbonyl (C=O) groups excluding carboxylic acids is 2. The molecular weight excluding hydrogens is 306 g/mol. The normalized spacial score (nSPS) is 31.0. The first-order chi connectivity index (χ1) is 11.3. The van der Waals surface area contributed by atoms with Crippen molar-refractivity contribution in [2.75, 3.05) is 18.1 Å². The molecule has 5 nitrogen and oxygen atoms in total. The summed E-state index contributed by atoms with van der Waals surface area (Å²) in [6, 6.07) is 7.59. The lowest BCUT2D eigenvalue weighted by Gasteiger charge is -2.34. The summed E-state index contributed by atoms with van der Waals surface area (Å²) in [6.07, 6.45) is -0.0337. The molecule has 5 heteroatoms. The second kappa shape index (κ2) is 4.77. The molecule has 0 saturated carbocycles. The van der Waals surface area contributed by atoms with E-state index in [9.17, 15) is 14.7 Å². The average molecular weight is 327 g/mol. The minimum atomic E-state index is -1.13. The van der Waals surface area contributed by atoms with Gasteiger partial charge in [0.15, 0.2) is 17.8 Å². The van der Waals surface area contributed by atoms with Crippen molar-refractivity contribution in [1.29, 1.82) is 0 Å². The highest BCUT2D eigenvalue weighted by molar-refractivity contribution is 6.27. The number of para-hydroxylation sites is 1. The second-order valence-electron chi connectivity index (χ2n) is 7.28. The Morgan fingerprint density at radius 1 is 1.21 bits per heavy atom. The van der Waals surface area contributed by atoms with Crippen LogP contribution in [0.5, 0.6) is 0 Å². The van der Waals surface area contributed by atoms with E-state index < -0.39 is 17.2 Å². The molecule has 3 aliphatic rings. The highest BCUT2D eigenvalue weighted by atomic mass is 16.5. The van der Waals surface area contributed by atoms with Gasteiger partial charge in [0, 0.05) is 24.2 Å². The molecule has 126 valence electrons. The summed E-state index contributed by atoms with van der Waals surface area (Å²) in [5.74, 6) is -0.258. The van der Waals surface area contributed by atoms with E-state index in [-0.39, 0.29) is 18.1 Å². The zero-order valence-electron chi connectivity index (χ0n) is 14.1. The molecule has 0 radical (unpaired) electrons. The summed E-state index contributed by atoms with van der Waals surface area (Å²) in [4.78, 5) is 27.3. The van der Waals surface area contributed by atoms with Crippen molar-refractivity contribution >= 4 is 17.3 Å². The molecule has 0 unspecified atom stereocenters. The smallest absolute Gasteiger partial charge is 0.174 e. The molecule has 1 fully saturated rings. The van der Waals surface area contributed by atoms with Crippen LogP contribution in [0.25, 0.3) is 0 Å². The zero-order chi connectivity index (χ0) is 17.3. The van der Waals surface area contributed by atoms with E-state index in [4.69, 9.17) is 4.74 Å². The summed E-state index contributed by atoms with van der Waals surface area (Å²) in [5, 5.41) is 11.1. The average Bonchev–Trinajstić information content (AvgIpc) is 3.11. The van der Waals surface area contributed by atoms with Crippen LogP contribution in [0.4, 0.5) is 5.69 Å². The van der Waals surface area contributed by atoms with Gasteiger partial charge < -0.3 is 14.7 Å². The molecule has 2 aliphatic heterocycles. The quantitative estimate of drug-likeness (QED) is 0.841. The van der Waals surface area contributed by atoms with Crippen LogP contribution in [0, 0.1) is 5.41 Å². The molecular formula is C19H21NO4. The number of fused-ring (bicyclic) bond motifs is 3. The van der Waals surface area contributed by atoms with Crippen LogP contribution in [0.1, 0.15) is 32.8 Å². The van der Waals surface area contributed by atoms with E-state index in [1.54, 1.807) is 20.8 Å². The van der Waals surface area contributed by atoms with Gasteiger partial charge in [-0.2, -0.15) is 0 Å². The highest BCUT2D eigenvalue weighted by Crippen LogP contribution is 2.51. The first-order valence-electron chi connectivity index (χ1n) is 8.28. The lowest BCUT2D eigenvalue weighted by molar-refractivity contribution is -0.133. The fourth-order valence-electron chi connectivity index (χ4n) is 4.34. The highest BCUT2D eigenvalue weighted by Gasteiger charge is 2.57. The first-order valence-corrected chi connectivity index (χ1v) is 8.28. The number of carbonyl (C=O) groups is 2. The topological polar surface area (TPSA) is 66.8 Å². The summed E-state index contributed by atoms with van der Waals surface area (Å²) >= 11 is 0. The zero-order valence-corrected chi connectivity index (χ0v) is 14.1. The van der Waals surface area contributed by atoms with Crippen LogP contribution in [0.15, 0.2) is 35.4 Å². The summed E-state index contributed by atoms with van der Waals surface area (Å²) < 4.78 is 5.79. The van der Waals surface area contributed by atoms with E-state index in [1.165, 1.54) is 0 Å². The lowest BCUT2D eigenvalue weighted by atomic mass is 9.83. The Balaban J connectivity index is 1.76. The van der Waals surface area contributed by atoms with E-state index in [1.807, 2.05) is 29.2 Å². The molecule has 0 aromatic heterocycles. The van der Waals surface area contributed by atoms with Gasteiger partial charge in [0.1, 0.15) is 11.0 Å². The van der Waals surface area contributed by atoms with Gasteiger partial charge in [-0.3, -0.25) is 9.59 Å². The molecule has 1 saturated heterocycles. The van der Waals surface area contributed by atoms with Crippen molar-refractivity contribution in [2.45, 2.75) is 39.0 Å². The Labute approximate surface area is 140 Å². The van der Waals surface area contributed by atoms with Crippen LogP contribution >= 0.6 is 0 Å². The third kappa shape index (κ3) is 1.71. The van der Waals surface area contributed by atoms with Crippen molar-refractivity contribution < 1.29 is 19.4 Å². The van der Waals surface area contributed by atoms with Gasteiger partial charge in [-0.05, 0) is 38.0 Å². The van der Waals surface area contributed by atoms with Crippen LogP contribution in [-0.2, 0) is 19.9 Å². The largest absolute Gasteiger partial charge is 0.380 e. The molecule has 0 spiro atoms. The van der Waals surface area contributed by atoms with E-state index >= 15 is 0 Å². The number of ether oxygens (including phenoxy) is 1. The number of nitrogens with zero attached hydrogens (tertiary/aromatic N) is 1. The van der Waals surface area contributed by atoms with Gasteiger partial charge >= 0.3 is 0 Å². The molecule has 1 aromatic carbocycles. The maximum atomic E-state index is 12.7. The van der Waals surface area contributed by atoms with E-state index in [2.05, 4.69) is 0 Å². The van der Waals surface area contributed by atoms with Gasteiger partial charge in [0.25, 0.3) is 0 Å². The SMILES string of the molecule is CC1=C(C)C(=O)C(C)(CN2c3ccccc3[C@]3(O)CCO[C@H]23)C1=O. The molecule has 24 heavy (non-hydrogen) atoms. The van der Waals surface area contributed by atoms with Gasteiger partial charge in [-0.25, -0.2) is 0 Å². The number of aliphatic hydroxyl groups is 1. The standard InChI is InChI=1S/C19H21NO4/c1-11-12(2)16(22)18(3,15(11)21)10-20-14-7-5-4-6-13(14)19(23)8-9-24-17(19)20/h4-7,17,23H,8-10H2,1-3H3/t17-,19+/m0/s1. The molecule has 2 heterocycles. The minimum absolute atomic E-state index is 0.129. The molecule has 1 aromatic rings. The van der Waals surface area contributed by atoms with Crippen LogP contribution in [0.2, 0.25) is 0 Å². The van der Waals surface area contributed by atoms with Gasteiger partial charge in [-0.15, -0.1) is 0 Å². The number of benzene rings is 1. The second-order valence-corrected chi connectivity index (χ2v) is 7.28. The molecule has 0 amide bonds. The predicted molar refractivity (Wildman–Crippen MR) is 88.5 cm³/mol. The number of ketones is 2. The minimum Gasteiger partial charge on any atom is -0.380 e. The van der Waals surface area contributed by atoms with Crippen molar-refractivity contribution in [1.82, 2.24) is 0 Å². The molecule has 1 aliphatic carbocycles. The first kappa shape index (κ1) is 15.5. The summed E-state index contributed by atoms with van der Waals surface area (Å²) in [6.45, 7) is 5.79. The van der Waals surface area contributed by atoms with Crippen LogP contribution < -0.4 is 4.90 Å². The number of allylic oxidation sites excluding steroid dienone is 2. The number of Topliss-reactive ketones (excluding diaryl/α,β-unsaturated/α-hetero) is 2. The molecule has 4 rings (SSSR count). The number of hydrogen-bond acceptors (Lipinski definition) is 5. The number of rotatable bonds is 2. The summed E-state index contributed by atoms with van der Waals surface area (Å²) in [5.41, 5.74) is 0.535. The van der Waals surface area contributed by atoms with E-state index in [0.29, 0.717) is 24.2 Å². The van der Waals surface area contributed by atoms with Crippen molar-refractivity contribution in [2.24, 2.45) is 5.41 Å². The fourth-order valence-corrected chi connectivity index (χ4v) is 4.34. The Bertz CT molecular complexity index is 772. The monoisotopic (exact) mass is 327 g/mol. The van der Waals surface area contributed by atoms with Crippen molar-refractivity contribution in [3.05, 3.63) is 41.0 Å². The third-order valence-corrected chi connectivity index (χ3v) is 5.86. The van der Waals surface area contributed by atoms with Crippen molar-refractivity contribution in [3.63, 3.8) is 0 Å². The molecule has 2 atom stereocenters.